The smallest absolute Gasteiger partial charge is 0.408 e. The van der Waals surface area contributed by atoms with Crippen LogP contribution in [0.5, 0.6) is 0 Å². The van der Waals surface area contributed by atoms with E-state index in [1.165, 1.54) is 0 Å². The highest BCUT2D eigenvalue weighted by Crippen LogP contribution is 2.06. The van der Waals surface area contributed by atoms with Crippen molar-refractivity contribution in [2.24, 2.45) is 0 Å². The minimum absolute atomic E-state index is 0.0224. The van der Waals surface area contributed by atoms with Crippen LogP contribution in [0.15, 0.2) is 0 Å². The number of alkyl carbamates (subject to hydrolysis) is 1. The van der Waals surface area contributed by atoms with Gasteiger partial charge in [0.25, 0.3) is 0 Å². The van der Waals surface area contributed by atoms with Gasteiger partial charge in [0.15, 0.2) is 0 Å². The fraction of sp³-hybridized carbons (Fsp3) is 0.750. The Balaban J connectivity index is 4.11. The van der Waals surface area contributed by atoms with Crippen molar-refractivity contribution in [1.82, 2.24) is 5.32 Å². The molecule has 2 N–H and O–H groups in total. The van der Waals surface area contributed by atoms with Crippen LogP contribution < -0.4 is 5.32 Å². The molecule has 0 rings (SSSR count). The lowest BCUT2D eigenvalue weighted by Crippen LogP contribution is -2.44. The van der Waals surface area contributed by atoms with E-state index >= 15 is 0 Å². The van der Waals surface area contributed by atoms with Crippen LogP contribution in [0.25, 0.3) is 0 Å². The van der Waals surface area contributed by atoms with E-state index < -0.39 is 23.7 Å². The monoisotopic (exact) mass is 221 g/mol. The summed E-state index contributed by atoms with van der Waals surface area (Å²) >= 11 is 3.79. The topological polar surface area (TPSA) is 75.6 Å². The molecule has 1 atom stereocenters. The summed E-state index contributed by atoms with van der Waals surface area (Å²) in [7, 11) is 0. The van der Waals surface area contributed by atoms with E-state index in [1.807, 2.05) is 0 Å². The van der Waals surface area contributed by atoms with Gasteiger partial charge >= 0.3 is 12.1 Å². The number of carboxylic acids is 1. The number of amides is 1. The van der Waals surface area contributed by atoms with Crippen molar-refractivity contribution in [3.05, 3.63) is 0 Å². The lowest BCUT2D eigenvalue weighted by atomic mass is 10.2. The second-order valence-corrected chi connectivity index (χ2v) is 4.08. The zero-order valence-electron chi connectivity index (χ0n) is 8.40. The van der Waals surface area contributed by atoms with Crippen molar-refractivity contribution in [3.8, 4) is 0 Å². The Morgan fingerprint density at radius 1 is 1.50 bits per heavy atom. The minimum Gasteiger partial charge on any atom is -0.480 e. The van der Waals surface area contributed by atoms with Gasteiger partial charge in [0.2, 0.25) is 0 Å². The average Bonchev–Trinajstić information content (AvgIpc) is 1.96. The summed E-state index contributed by atoms with van der Waals surface area (Å²) in [6.45, 7) is 5.09. The highest BCUT2D eigenvalue weighted by atomic mass is 32.1. The molecule has 0 fully saturated rings. The molecule has 0 aromatic carbocycles. The first kappa shape index (κ1) is 13.1. The zero-order chi connectivity index (χ0) is 11.4. The molecule has 0 aromatic rings. The van der Waals surface area contributed by atoms with Crippen molar-refractivity contribution in [2.75, 3.05) is 5.75 Å². The van der Waals surface area contributed by atoms with E-state index in [2.05, 4.69) is 17.9 Å². The quantitative estimate of drug-likeness (QED) is 0.619. The molecule has 0 spiro atoms. The Bertz CT molecular complexity index is 224. The van der Waals surface area contributed by atoms with Gasteiger partial charge in [-0.05, 0) is 20.8 Å². The molecular formula is C8H15NO4S. The number of ether oxygens (including phenoxy) is 1. The normalized spacial score (nSPS) is 13.1. The largest absolute Gasteiger partial charge is 0.480 e. The first-order valence-corrected chi connectivity index (χ1v) is 4.72. The van der Waals surface area contributed by atoms with E-state index in [-0.39, 0.29) is 5.75 Å². The number of carbonyl (C=O) groups is 2. The second kappa shape index (κ2) is 5.09. The Morgan fingerprint density at radius 2 is 2.00 bits per heavy atom. The molecule has 1 amide bonds. The summed E-state index contributed by atoms with van der Waals surface area (Å²) in [5.41, 5.74) is -0.635. The molecule has 0 saturated heterocycles. The van der Waals surface area contributed by atoms with Crippen LogP contribution in [0.1, 0.15) is 20.8 Å². The molecule has 0 bridgehead atoms. The molecule has 0 aliphatic rings. The summed E-state index contributed by atoms with van der Waals surface area (Å²) in [5.74, 6) is -1.11. The lowest BCUT2D eigenvalue weighted by Gasteiger charge is -2.21. The van der Waals surface area contributed by atoms with Crippen molar-refractivity contribution in [2.45, 2.75) is 32.4 Å². The maximum absolute atomic E-state index is 11.1. The molecule has 6 heteroatoms. The maximum Gasteiger partial charge on any atom is 0.408 e. The molecule has 0 aliphatic heterocycles. The van der Waals surface area contributed by atoms with E-state index in [9.17, 15) is 9.59 Å². The van der Waals surface area contributed by atoms with Crippen molar-refractivity contribution < 1.29 is 19.4 Å². The van der Waals surface area contributed by atoms with E-state index in [1.54, 1.807) is 20.8 Å². The zero-order valence-corrected chi connectivity index (χ0v) is 9.30. The number of carboxylic acid groups (broad SMARTS) is 1. The Labute approximate surface area is 88.2 Å². The van der Waals surface area contributed by atoms with Crippen LogP contribution in [0, 0.1) is 0 Å². The number of thiol groups is 1. The third-order valence-electron chi connectivity index (χ3n) is 1.17. The predicted octanol–water partition coefficient (Wildman–Crippen LogP) is 0.894. The maximum atomic E-state index is 11.1. The number of hydrogen-bond acceptors (Lipinski definition) is 4. The van der Waals surface area contributed by atoms with Crippen LogP contribution in [0.2, 0.25) is 0 Å². The van der Waals surface area contributed by atoms with E-state index in [0.717, 1.165) is 0 Å². The number of rotatable bonds is 3. The summed E-state index contributed by atoms with van der Waals surface area (Å²) < 4.78 is 4.87. The fourth-order valence-corrected chi connectivity index (χ4v) is 0.883. The lowest BCUT2D eigenvalue weighted by molar-refractivity contribution is -0.138. The van der Waals surface area contributed by atoms with E-state index in [0.29, 0.717) is 0 Å². The summed E-state index contributed by atoms with van der Waals surface area (Å²) in [4.78, 5) is 21.6. The second-order valence-electron chi connectivity index (χ2n) is 3.72. The van der Waals surface area contributed by atoms with Crippen molar-refractivity contribution in [3.63, 3.8) is 0 Å². The molecule has 14 heavy (non-hydrogen) atoms. The molecule has 82 valence electrons. The predicted molar refractivity (Wildman–Crippen MR) is 54.6 cm³/mol. The molecule has 0 heterocycles. The van der Waals surface area contributed by atoms with Gasteiger partial charge in [0.05, 0.1) is 0 Å². The standard InChI is InChI=1S/C8H15NO4S/c1-8(2,3)13-7(12)9-5(4-14)6(10)11/h5,14H,4H2,1-3H3,(H,9,12)(H,10,11). The first-order chi connectivity index (χ1) is 6.26. The Kier molecular flexibility index (Phi) is 4.76. The minimum atomic E-state index is -1.13. The van der Waals surface area contributed by atoms with Crippen LogP contribution >= 0.6 is 12.6 Å². The first-order valence-electron chi connectivity index (χ1n) is 4.09. The van der Waals surface area contributed by atoms with Crippen molar-refractivity contribution >= 4 is 24.7 Å². The van der Waals surface area contributed by atoms with Gasteiger partial charge in [-0.15, -0.1) is 0 Å². The number of carbonyl (C=O) groups excluding carboxylic acids is 1. The van der Waals surface area contributed by atoms with Gasteiger partial charge in [0, 0.05) is 5.75 Å². The highest BCUT2D eigenvalue weighted by molar-refractivity contribution is 7.80. The van der Waals surface area contributed by atoms with Gasteiger partial charge in [-0.25, -0.2) is 9.59 Å². The fourth-order valence-electron chi connectivity index (χ4n) is 0.635. The van der Waals surface area contributed by atoms with Gasteiger partial charge in [0.1, 0.15) is 11.6 Å². The van der Waals surface area contributed by atoms with Gasteiger partial charge in [-0.3, -0.25) is 0 Å². The van der Waals surface area contributed by atoms with Crippen molar-refractivity contribution in [1.29, 1.82) is 0 Å². The average molecular weight is 221 g/mol. The Morgan fingerprint density at radius 3 is 2.29 bits per heavy atom. The highest BCUT2D eigenvalue weighted by Gasteiger charge is 2.22. The molecule has 0 radical (unpaired) electrons. The number of nitrogens with one attached hydrogen (secondary N) is 1. The molecule has 0 aliphatic carbocycles. The molecule has 5 nitrogen and oxygen atoms in total. The number of aliphatic carboxylic acids is 1. The summed E-state index contributed by atoms with van der Waals surface area (Å²) in [6.07, 6.45) is -0.751. The van der Waals surface area contributed by atoms with Gasteiger partial charge < -0.3 is 15.2 Å². The van der Waals surface area contributed by atoms with E-state index in [4.69, 9.17) is 9.84 Å². The van der Waals surface area contributed by atoms with Crippen LogP contribution in [0.3, 0.4) is 0 Å². The van der Waals surface area contributed by atoms with Crippen LogP contribution in [-0.4, -0.2) is 34.6 Å². The third kappa shape index (κ3) is 5.69. The Hall–Kier alpha value is -0.910. The SMILES string of the molecule is CC(C)(C)OC(=O)NC(CS)C(=O)O. The van der Waals surface area contributed by atoms with Crippen LogP contribution in [-0.2, 0) is 9.53 Å². The van der Waals surface area contributed by atoms with Gasteiger partial charge in [-0.1, -0.05) is 0 Å². The molecular weight excluding hydrogens is 206 g/mol. The third-order valence-corrected chi connectivity index (χ3v) is 1.54. The summed E-state index contributed by atoms with van der Waals surface area (Å²) in [6, 6.07) is -1.02. The number of hydrogen-bond donors (Lipinski definition) is 3. The molecule has 1 unspecified atom stereocenters. The summed E-state index contributed by atoms with van der Waals surface area (Å²) in [5, 5.41) is 10.8. The molecule has 0 saturated carbocycles. The van der Waals surface area contributed by atoms with Gasteiger partial charge in [-0.2, -0.15) is 12.6 Å². The molecule has 0 aromatic heterocycles. The van der Waals surface area contributed by atoms with Crippen LogP contribution in [0.4, 0.5) is 4.79 Å².